The lowest BCUT2D eigenvalue weighted by molar-refractivity contribution is -0.134. The van der Waals surface area contributed by atoms with Gasteiger partial charge in [-0.05, 0) is 55.9 Å². The van der Waals surface area contributed by atoms with E-state index in [2.05, 4.69) is 13.8 Å². The van der Waals surface area contributed by atoms with Crippen LogP contribution in [-0.2, 0) is 4.79 Å². The van der Waals surface area contributed by atoms with Gasteiger partial charge in [-0.2, -0.15) is 0 Å². The number of ether oxygens (including phenoxy) is 2. The normalized spacial score (nSPS) is 15.0. The molecule has 0 aromatic heterocycles. The maximum absolute atomic E-state index is 12.0. The summed E-state index contributed by atoms with van der Waals surface area (Å²) in [6.07, 6.45) is 4.48. The van der Waals surface area contributed by atoms with Crippen molar-refractivity contribution in [3.8, 4) is 11.5 Å². The smallest absolute Gasteiger partial charge is 0.260 e. The van der Waals surface area contributed by atoms with E-state index in [1.807, 2.05) is 29.2 Å². The zero-order chi connectivity index (χ0) is 15.8. The predicted molar refractivity (Wildman–Crippen MR) is 87.3 cm³/mol. The monoisotopic (exact) mass is 305 g/mol. The Morgan fingerprint density at radius 3 is 2.23 bits per heavy atom. The highest BCUT2D eigenvalue weighted by molar-refractivity contribution is 5.77. The third-order valence-electron chi connectivity index (χ3n) is 3.86. The van der Waals surface area contributed by atoms with Gasteiger partial charge in [0.15, 0.2) is 6.61 Å². The van der Waals surface area contributed by atoms with Crippen LogP contribution in [0.15, 0.2) is 24.3 Å². The van der Waals surface area contributed by atoms with Crippen molar-refractivity contribution in [2.24, 2.45) is 5.92 Å². The SMILES string of the molecule is CC(C)CCOc1ccc(OCC(=O)N2CCCCC2)cc1. The van der Waals surface area contributed by atoms with Crippen molar-refractivity contribution >= 4 is 5.91 Å². The van der Waals surface area contributed by atoms with Crippen LogP contribution in [0.4, 0.5) is 0 Å². The van der Waals surface area contributed by atoms with E-state index in [0.717, 1.165) is 44.7 Å². The Morgan fingerprint density at radius 1 is 1.05 bits per heavy atom. The molecule has 0 atom stereocenters. The summed E-state index contributed by atoms with van der Waals surface area (Å²) in [5.74, 6) is 2.28. The number of hydrogen-bond donors (Lipinski definition) is 0. The summed E-state index contributed by atoms with van der Waals surface area (Å²) in [5.41, 5.74) is 0. The molecule has 0 aliphatic carbocycles. The summed E-state index contributed by atoms with van der Waals surface area (Å²) in [4.78, 5) is 13.9. The standard InChI is InChI=1S/C18H27NO3/c1-15(2)10-13-21-16-6-8-17(9-7-16)22-14-18(20)19-11-4-3-5-12-19/h6-9,15H,3-5,10-14H2,1-2H3. The molecule has 1 amide bonds. The molecule has 1 fully saturated rings. The number of amides is 1. The van der Waals surface area contributed by atoms with Crippen molar-refractivity contribution in [2.75, 3.05) is 26.3 Å². The summed E-state index contributed by atoms with van der Waals surface area (Å²) < 4.78 is 11.2. The fourth-order valence-corrected chi connectivity index (χ4v) is 2.42. The van der Waals surface area contributed by atoms with Crippen molar-refractivity contribution in [1.29, 1.82) is 0 Å². The minimum absolute atomic E-state index is 0.0805. The fourth-order valence-electron chi connectivity index (χ4n) is 2.42. The molecule has 22 heavy (non-hydrogen) atoms. The summed E-state index contributed by atoms with van der Waals surface area (Å²) in [5, 5.41) is 0. The largest absolute Gasteiger partial charge is 0.494 e. The number of hydrogen-bond acceptors (Lipinski definition) is 3. The van der Waals surface area contributed by atoms with Crippen molar-refractivity contribution in [1.82, 2.24) is 4.90 Å². The molecule has 1 aliphatic rings. The first kappa shape index (κ1) is 16.7. The number of nitrogens with zero attached hydrogens (tertiary/aromatic N) is 1. The highest BCUT2D eigenvalue weighted by Crippen LogP contribution is 2.18. The molecule has 0 spiro atoms. The molecule has 0 N–H and O–H groups in total. The van der Waals surface area contributed by atoms with Crippen LogP contribution in [0, 0.1) is 5.92 Å². The van der Waals surface area contributed by atoms with Gasteiger partial charge in [-0.15, -0.1) is 0 Å². The van der Waals surface area contributed by atoms with Gasteiger partial charge in [0, 0.05) is 13.1 Å². The quantitative estimate of drug-likeness (QED) is 0.774. The van der Waals surface area contributed by atoms with Gasteiger partial charge >= 0.3 is 0 Å². The first-order chi connectivity index (χ1) is 10.6. The zero-order valence-electron chi connectivity index (χ0n) is 13.7. The lowest BCUT2D eigenvalue weighted by Crippen LogP contribution is -2.38. The Morgan fingerprint density at radius 2 is 1.64 bits per heavy atom. The maximum atomic E-state index is 12.0. The lowest BCUT2D eigenvalue weighted by Gasteiger charge is -2.26. The molecule has 0 saturated carbocycles. The van der Waals surface area contributed by atoms with E-state index in [4.69, 9.17) is 9.47 Å². The van der Waals surface area contributed by atoms with Crippen molar-refractivity contribution < 1.29 is 14.3 Å². The van der Waals surface area contributed by atoms with E-state index in [1.165, 1.54) is 6.42 Å². The maximum Gasteiger partial charge on any atom is 0.260 e. The summed E-state index contributed by atoms with van der Waals surface area (Å²) >= 11 is 0. The highest BCUT2D eigenvalue weighted by atomic mass is 16.5. The number of carbonyl (C=O) groups is 1. The molecule has 1 aromatic rings. The number of carbonyl (C=O) groups excluding carboxylic acids is 1. The van der Waals surface area contributed by atoms with Gasteiger partial charge in [0.05, 0.1) is 6.61 Å². The second kappa shape index (κ2) is 8.66. The molecule has 122 valence electrons. The second-order valence-electron chi connectivity index (χ2n) is 6.23. The lowest BCUT2D eigenvalue weighted by atomic mass is 10.1. The topological polar surface area (TPSA) is 38.8 Å². The van der Waals surface area contributed by atoms with Gasteiger partial charge in [-0.3, -0.25) is 4.79 Å². The molecule has 1 saturated heterocycles. The predicted octanol–water partition coefficient (Wildman–Crippen LogP) is 3.50. The van der Waals surface area contributed by atoms with Crippen LogP contribution in [0.3, 0.4) is 0 Å². The van der Waals surface area contributed by atoms with Gasteiger partial charge in [-0.25, -0.2) is 0 Å². The molecule has 4 nitrogen and oxygen atoms in total. The summed E-state index contributed by atoms with van der Waals surface area (Å²) in [6.45, 7) is 6.94. The van der Waals surface area contributed by atoms with E-state index in [0.29, 0.717) is 11.7 Å². The van der Waals surface area contributed by atoms with Crippen LogP contribution in [-0.4, -0.2) is 37.1 Å². The third kappa shape index (κ3) is 5.58. The Labute approximate surface area is 133 Å². The minimum Gasteiger partial charge on any atom is -0.494 e. The molecule has 0 radical (unpaired) electrons. The second-order valence-corrected chi connectivity index (χ2v) is 6.23. The summed E-state index contributed by atoms with van der Waals surface area (Å²) in [7, 11) is 0. The van der Waals surface area contributed by atoms with Gasteiger partial charge < -0.3 is 14.4 Å². The number of rotatable bonds is 7. The van der Waals surface area contributed by atoms with E-state index < -0.39 is 0 Å². The third-order valence-corrected chi connectivity index (χ3v) is 3.86. The number of likely N-dealkylation sites (tertiary alicyclic amines) is 1. The molecule has 4 heteroatoms. The van der Waals surface area contributed by atoms with Crippen LogP contribution >= 0.6 is 0 Å². The van der Waals surface area contributed by atoms with E-state index in [-0.39, 0.29) is 12.5 Å². The zero-order valence-corrected chi connectivity index (χ0v) is 13.7. The average Bonchev–Trinajstić information content (AvgIpc) is 2.54. The Kier molecular flexibility index (Phi) is 6.56. The van der Waals surface area contributed by atoms with Gasteiger partial charge in [-0.1, -0.05) is 13.8 Å². The average molecular weight is 305 g/mol. The van der Waals surface area contributed by atoms with Crippen LogP contribution in [0.2, 0.25) is 0 Å². The Hall–Kier alpha value is -1.71. The van der Waals surface area contributed by atoms with Crippen LogP contribution in [0.1, 0.15) is 39.5 Å². The van der Waals surface area contributed by atoms with Crippen molar-refractivity contribution in [2.45, 2.75) is 39.5 Å². The molecule has 1 aromatic carbocycles. The highest BCUT2D eigenvalue weighted by Gasteiger charge is 2.16. The van der Waals surface area contributed by atoms with Gasteiger partial charge in [0.25, 0.3) is 5.91 Å². The van der Waals surface area contributed by atoms with Crippen molar-refractivity contribution in [3.63, 3.8) is 0 Å². The molecule has 1 aliphatic heterocycles. The Balaban J connectivity index is 1.72. The Bertz CT molecular complexity index is 450. The van der Waals surface area contributed by atoms with Gasteiger partial charge in [0.1, 0.15) is 11.5 Å². The van der Waals surface area contributed by atoms with Crippen LogP contribution in [0.5, 0.6) is 11.5 Å². The molecule has 2 rings (SSSR count). The number of piperidine rings is 1. The minimum atomic E-state index is 0.0805. The first-order valence-corrected chi connectivity index (χ1v) is 8.28. The van der Waals surface area contributed by atoms with Crippen LogP contribution in [0.25, 0.3) is 0 Å². The molecule has 1 heterocycles. The number of benzene rings is 1. The fraction of sp³-hybridized carbons (Fsp3) is 0.611. The van der Waals surface area contributed by atoms with Crippen LogP contribution < -0.4 is 9.47 Å². The summed E-state index contributed by atoms with van der Waals surface area (Å²) in [6, 6.07) is 7.49. The molecular weight excluding hydrogens is 278 g/mol. The molecule has 0 unspecified atom stereocenters. The van der Waals surface area contributed by atoms with E-state index in [1.54, 1.807) is 0 Å². The molecular formula is C18H27NO3. The van der Waals surface area contributed by atoms with E-state index >= 15 is 0 Å². The molecule has 0 bridgehead atoms. The van der Waals surface area contributed by atoms with Crippen molar-refractivity contribution in [3.05, 3.63) is 24.3 Å². The first-order valence-electron chi connectivity index (χ1n) is 8.28. The van der Waals surface area contributed by atoms with E-state index in [9.17, 15) is 4.79 Å². The van der Waals surface area contributed by atoms with Gasteiger partial charge in [0.2, 0.25) is 0 Å².